The molecule has 2 aromatic heterocycles. The minimum Gasteiger partial charge on any atom is -0.338 e. The molecular formula is C11H14N4. The summed E-state index contributed by atoms with van der Waals surface area (Å²) in [4.78, 5) is 4.36. The van der Waals surface area contributed by atoms with Gasteiger partial charge in [-0.2, -0.15) is 5.10 Å². The Morgan fingerprint density at radius 3 is 2.93 bits per heavy atom. The predicted molar refractivity (Wildman–Crippen MR) is 60.2 cm³/mol. The Morgan fingerprint density at radius 1 is 1.40 bits per heavy atom. The lowest BCUT2D eigenvalue weighted by molar-refractivity contribution is 0.660. The largest absolute Gasteiger partial charge is 0.338 e. The molecule has 0 saturated carbocycles. The molecule has 0 fully saturated rings. The van der Waals surface area contributed by atoms with E-state index in [1.807, 2.05) is 36.0 Å². The molecule has 0 aliphatic rings. The van der Waals surface area contributed by atoms with Crippen molar-refractivity contribution in [1.82, 2.24) is 14.8 Å². The first kappa shape index (κ1) is 9.71. The second-order valence-electron chi connectivity index (χ2n) is 3.37. The van der Waals surface area contributed by atoms with Gasteiger partial charge in [-0.25, -0.2) is 4.98 Å². The van der Waals surface area contributed by atoms with Crippen LogP contribution in [0.25, 0.3) is 0 Å². The molecule has 0 radical (unpaired) electrons. The molecular weight excluding hydrogens is 188 g/mol. The molecule has 0 amide bonds. The summed E-state index contributed by atoms with van der Waals surface area (Å²) in [5, 5.41) is 7.38. The first-order chi connectivity index (χ1) is 7.28. The standard InChI is InChI=1S/C11H14N4/c1-3-15-8-10(7-12-15)14-11-6-4-5-9(2)13-11/h4-8H,3H2,1-2H3,(H,13,14). The minimum atomic E-state index is 0.852. The van der Waals surface area contributed by atoms with Gasteiger partial charge in [0.2, 0.25) is 0 Å². The van der Waals surface area contributed by atoms with Gasteiger partial charge < -0.3 is 5.32 Å². The molecule has 0 aromatic carbocycles. The topological polar surface area (TPSA) is 42.7 Å². The number of hydrogen-bond donors (Lipinski definition) is 1. The third kappa shape index (κ3) is 2.34. The van der Waals surface area contributed by atoms with Crippen molar-refractivity contribution in [2.45, 2.75) is 20.4 Å². The summed E-state index contributed by atoms with van der Waals surface area (Å²) < 4.78 is 1.87. The first-order valence-electron chi connectivity index (χ1n) is 5.01. The summed E-state index contributed by atoms with van der Waals surface area (Å²) in [6.45, 7) is 4.91. The van der Waals surface area contributed by atoms with E-state index in [0.29, 0.717) is 0 Å². The Hall–Kier alpha value is -1.84. The summed E-state index contributed by atoms with van der Waals surface area (Å²) in [7, 11) is 0. The Labute approximate surface area is 89.0 Å². The van der Waals surface area contributed by atoms with Crippen molar-refractivity contribution < 1.29 is 0 Å². The fourth-order valence-corrected chi connectivity index (χ4v) is 1.36. The maximum atomic E-state index is 4.36. The van der Waals surface area contributed by atoms with Crippen molar-refractivity contribution in [3.8, 4) is 0 Å². The Morgan fingerprint density at radius 2 is 2.27 bits per heavy atom. The Balaban J connectivity index is 2.14. The Kier molecular flexibility index (Phi) is 2.67. The highest BCUT2D eigenvalue weighted by Crippen LogP contribution is 2.13. The van der Waals surface area contributed by atoms with Crippen LogP contribution in [-0.4, -0.2) is 14.8 Å². The van der Waals surface area contributed by atoms with Crippen molar-refractivity contribution in [2.24, 2.45) is 0 Å². The van der Waals surface area contributed by atoms with Crippen LogP contribution >= 0.6 is 0 Å². The van der Waals surface area contributed by atoms with Crippen molar-refractivity contribution in [1.29, 1.82) is 0 Å². The van der Waals surface area contributed by atoms with Gasteiger partial charge in [-0.05, 0) is 26.0 Å². The fourth-order valence-electron chi connectivity index (χ4n) is 1.36. The van der Waals surface area contributed by atoms with Gasteiger partial charge in [0.15, 0.2) is 0 Å². The summed E-state index contributed by atoms with van der Waals surface area (Å²) >= 11 is 0. The van der Waals surface area contributed by atoms with Gasteiger partial charge in [-0.3, -0.25) is 4.68 Å². The molecule has 4 nitrogen and oxygen atoms in total. The zero-order valence-corrected chi connectivity index (χ0v) is 8.94. The fraction of sp³-hybridized carbons (Fsp3) is 0.273. The third-order valence-electron chi connectivity index (χ3n) is 2.12. The van der Waals surface area contributed by atoms with Crippen molar-refractivity contribution in [3.05, 3.63) is 36.3 Å². The normalized spacial score (nSPS) is 10.3. The number of nitrogens with zero attached hydrogens (tertiary/aromatic N) is 3. The van der Waals surface area contributed by atoms with Gasteiger partial charge in [0.05, 0.1) is 11.9 Å². The zero-order chi connectivity index (χ0) is 10.7. The predicted octanol–water partition coefficient (Wildman–Crippen LogP) is 2.35. The molecule has 2 aromatic rings. The molecule has 0 aliphatic carbocycles. The highest BCUT2D eigenvalue weighted by molar-refractivity contribution is 5.53. The van der Waals surface area contributed by atoms with Gasteiger partial charge in [-0.1, -0.05) is 6.07 Å². The molecule has 0 atom stereocenters. The molecule has 0 unspecified atom stereocenters. The van der Waals surface area contributed by atoms with Gasteiger partial charge >= 0.3 is 0 Å². The molecule has 1 N–H and O–H groups in total. The van der Waals surface area contributed by atoms with E-state index in [1.54, 1.807) is 6.20 Å². The molecule has 0 bridgehead atoms. The molecule has 78 valence electrons. The number of hydrogen-bond acceptors (Lipinski definition) is 3. The number of aromatic nitrogens is 3. The van der Waals surface area contributed by atoms with Gasteiger partial charge in [-0.15, -0.1) is 0 Å². The summed E-state index contributed by atoms with van der Waals surface area (Å²) in [6.07, 6.45) is 3.76. The van der Waals surface area contributed by atoms with Crippen molar-refractivity contribution in [2.75, 3.05) is 5.32 Å². The van der Waals surface area contributed by atoms with Crippen LogP contribution in [0.4, 0.5) is 11.5 Å². The molecule has 2 rings (SSSR count). The number of aryl methyl sites for hydroxylation is 2. The van der Waals surface area contributed by atoms with Crippen LogP contribution in [-0.2, 0) is 6.54 Å². The van der Waals surface area contributed by atoms with Crippen LogP contribution in [0.5, 0.6) is 0 Å². The zero-order valence-electron chi connectivity index (χ0n) is 8.94. The van der Waals surface area contributed by atoms with Crippen molar-refractivity contribution in [3.63, 3.8) is 0 Å². The molecule has 0 aliphatic heterocycles. The van der Waals surface area contributed by atoms with Crippen LogP contribution in [0.15, 0.2) is 30.6 Å². The summed E-state index contributed by atoms with van der Waals surface area (Å²) in [5.41, 5.74) is 1.97. The van der Waals surface area contributed by atoms with Gasteiger partial charge in [0.1, 0.15) is 5.82 Å². The van der Waals surface area contributed by atoms with Gasteiger partial charge in [0.25, 0.3) is 0 Å². The van der Waals surface area contributed by atoms with Crippen LogP contribution in [0.1, 0.15) is 12.6 Å². The quantitative estimate of drug-likeness (QED) is 0.830. The molecule has 4 heteroatoms. The molecule has 0 spiro atoms. The van der Waals surface area contributed by atoms with Crippen LogP contribution in [0.2, 0.25) is 0 Å². The molecule has 2 heterocycles. The van der Waals surface area contributed by atoms with E-state index in [0.717, 1.165) is 23.7 Å². The van der Waals surface area contributed by atoms with E-state index < -0.39 is 0 Å². The van der Waals surface area contributed by atoms with E-state index >= 15 is 0 Å². The highest BCUT2D eigenvalue weighted by atomic mass is 15.3. The third-order valence-corrected chi connectivity index (χ3v) is 2.12. The summed E-state index contributed by atoms with van der Waals surface area (Å²) in [6, 6.07) is 5.89. The monoisotopic (exact) mass is 202 g/mol. The van der Waals surface area contributed by atoms with Crippen LogP contribution in [0, 0.1) is 6.92 Å². The Bertz CT molecular complexity index is 447. The maximum absolute atomic E-state index is 4.36. The van der Waals surface area contributed by atoms with Gasteiger partial charge in [0, 0.05) is 18.4 Å². The first-order valence-corrected chi connectivity index (χ1v) is 5.01. The number of rotatable bonds is 3. The lowest BCUT2D eigenvalue weighted by Crippen LogP contribution is -1.94. The average molecular weight is 202 g/mol. The van der Waals surface area contributed by atoms with Crippen LogP contribution in [0.3, 0.4) is 0 Å². The minimum absolute atomic E-state index is 0.852. The molecule has 15 heavy (non-hydrogen) atoms. The van der Waals surface area contributed by atoms with E-state index in [4.69, 9.17) is 0 Å². The highest BCUT2D eigenvalue weighted by Gasteiger charge is 1.98. The lowest BCUT2D eigenvalue weighted by Gasteiger charge is -2.02. The second-order valence-corrected chi connectivity index (χ2v) is 3.37. The molecule has 0 saturated heterocycles. The number of anilines is 2. The second kappa shape index (κ2) is 4.13. The lowest BCUT2D eigenvalue weighted by atomic mass is 10.3. The number of pyridine rings is 1. The average Bonchev–Trinajstić information content (AvgIpc) is 2.65. The van der Waals surface area contributed by atoms with Crippen LogP contribution < -0.4 is 5.32 Å². The smallest absolute Gasteiger partial charge is 0.130 e. The van der Waals surface area contributed by atoms with Crippen molar-refractivity contribution >= 4 is 11.5 Å². The maximum Gasteiger partial charge on any atom is 0.130 e. The van der Waals surface area contributed by atoms with E-state index in [-0.39, 0.29) is 0 Å². The van der Waals surface area contributed by atoms with E-state index in [1.165, 1.54) is 0 Å². The van der Waals surface area contributed by atoms with E-state index in [2.05, 4.69) is 22.3 Å². The summed E-state index contributed by atoms with van der Waals surface area (Å²) in [5.74, 6) is 0.852. The van der Waals surface area contributed by atoms with E-state index in [9.17, 15) is 0 Å². The SMILES string of the molecule is CCn1cc(Nc2cccc(C)n2)cn1. The number of nitrogens with one attached hydrogen (secondary N) is 1.